The lowest BCUT2D eigenvalue weighted by molar-refractivity contribution is 0.0313. The van der Waals surface area contributed by atoms with Gasteiger partial charge < -0.3 is 10.4 Å². The second-order valence-corrected chi connectivity index (χ2v) is 10.3. The molecule has 2 aromatic carbocycles. The van der Waals surface area contributed by atoms with Crippen molar-refractivity contribution < 1.29 is 35.9 Å². The summed E-state index contributed by atoms with van der Waals surface area (Å²) in [5, 5.41) is 13.1. The maximum atomic E-state index is 14.6. The van der Waals surface area contributed by atoms with E-state index in [-0.39, 0.29) is 31.5 Å². The zero-order valence-corrected chi connectivity index (χ0v) is 19.2. The third kappa shape index (κ3) is 5.02. The van der Waals surface area contributed by atoms with E-state index in [1.54, 1.807) is 0 Å². The van der Waals surface area contributed by atoms with Gasteiger partial charge in [0, 0.05) is 36.5 Å². The molecule has 0 aromatic heterocycles. The number of carbonyl (C=O) groups is 1. The van der Waals surface area contributed by atoms with Crippen LogP contribution in [-0.4, -0.2) is 42.4 Å². The number of carbonyl (C=O) groups excluding carboxylic acids is 1. The highest BCUT2D eigenvalue weighted by Gasteiger charge is 2.39. The summed E-state index contributed by atoms with van der Waals surface area (Å²) >= 11 is 0. The van der Waals surface area contributed by atoms with E-state index in [1.165, 1.54) is 0 Å². The fourth-order valence-corrected chi connectivity index (χ4v) is 5.69. The second kappa shape index (κ2) is 9.56. The van der Waals surface area contributed by atoms with Gasteiger partial charge in [-0.3, -0.25) is 4.79 Å². The number of hydrogen-bond donors (Lipinski definition) is 2. The van der Waals surface area contributed by atoms with Gasteiger partial charge in [0.1, 0.15) is 10.7 Å². The van der Waals surface area contributed by atoms with Gasteiger partial charge in [-0.1, -0.05) is 18.2 Å². The lowest BCUT2D eigenvalue weighted by Crippen LogP contribution is -2.47. The number of allylic oxidation sites excluding steroid dienone is 2. The van der Waals surface area contributed by atoms with Crippen LogP contribution < -0.4 is 5.32 Å². The smallest absolute Gasteiger partial charge is 0.255 e. The Kier molecular flexibility index (Phi) is 6.85. The Morgan fingerprint density at radius 3 is 2.23 bits per heavy atom. The van der Waals surface area contributed by atoms with Crippen LogP contribution in [0.15, 0.2) is 59.0 Å². The van der Waals surface area contributed by atoms with Gasteiger partial charge in [-0.25, -0.2) is 26.0 Å². The van der Waals surface area contributed by atoms with E-state index in [2.05, 4.69) is 5.32 Å². The van der Waals surface area contributed by atoms with Crippen molar-refractivity contribution in [2.45, 2.75) is 36.2 Å². The Bertz CT molecular complexity index is 1310. The van der Waals surface area contributed by atoms with Crippen molar-refractivity contribution in [3.63, 3.8) is 0 Å². The molecule has 4 rings (SSSR count). The lowest BCUT2D eigenvalue weighted by Gasteiger charge is -2.39. The van der Waals surface area contributed by atoms with Crippen LogP contribution in [0, 0.1) is 23.3 Å². The van der Waals surface area contributed by atoms with Gasteiger partial charge in [0.05, 0.1) is 5.60 Å². The van der Waals surface area contributed by atoms with Crippen LogP contribution in [0.4, 0.5) is 23.2 Å². The molecule has 35 heavy (non-hydrogen) atoms. The summed E-state index contributed by atoms with van der Waals surface area (Å²) in [6.07, 6.45) is 7.58. The first-order valence-electron chi connectivity index (χ1n) is 10.9. The van der Waals surface area contributed by atoms with Crippen LogP contribution in [0.5, 0.6) is 0 Å². The van der Waals surface area contributed by atoms with E-state index >= 15 is 0 Å². The summed E-state index contributed by atoms with van der Waals surface area (Å²) < 4.78 is 81.9. The third-order valence-corrected chi connectivity index (χ3v) is 8.05. The molecule has 0 radical (unpaired) electrons. The van der Waals surface area contributed by atoms with E-state index < -0.39 is 55.4 Å². The Labute approximate surface area is 199 Å². The van der Waals surface area contributed by atoms with Gasteiger partial charge in [0.25, 0.3) is 5.91 Å². The van der Waals surface area contributed by atoms with Crippen molar-refractivity contribution in [3.05, 3.63) is 83.0 Å². The van der Waals surface area contributed by atoms with E-state index in [4.69, 9.17) is 0 Å². The molecule has 2 aliphatic rings. The second-order valence-electron chi connectivity index (χ2n) is 8.43. The SMILES string of the molecule is O=C(Nc1cc(F)c(F)c(F)c1)c1ccc(F)c(S(=O)(=O)N2CCC(O)(C3=CCCC=C3)CC2)c1. The monoisotopic (exact) mass is 510 g/mol. The number of nitrogens with zero attached hydrogens (tertiary/aromatic N) is 1. The first kappa shape index (κ1) is 25.1. The molecule has 6 nitrogen and oxygen atoms in total. The van der Waals surface area contributed by atoms with Crippen molar-refractivity contribution in [2.75, 3.05) is 18.4 Å². The van der Waals surface area contributed by atoms with E-state index in [1.807, 2.05) is 18.2 Å². The number of aliphatic hydroxyl groups is 1. The van der Waals surface area contributed by atoms with Crippen LogP contribution in [-0.2, 0) is 10.0 Å². The average Bonchev–Trinajstić information content (AvgIpc) is 2.83. The molecule has 0 atom stereocenters. The molecular formula is C24H22F4N2O4S. The number of sulfonamides is 1. The molecule has 0 saturated carbocycles. The summed E-state index contributed by atoms with van der Waals surface area (Å²) in [7, 11) is -4.36. The van der Waals surface area contributed by atoms with Crippen LogP contribution in [0.1, 0.15) is 36.0 Å². The van der Waals surface area contributed by atoms with Gasteiger partial charge in [-0.15, -0.1) is 0 Å². The number of hydrogen-bond acceptors (Lipinski definition) is 4. The fourth-order valence-electron chi connectivity index (χ4n) is 4.16. The zero-order chi connectivity index (χ0) is 25.4. The van der Waals surface area contributed by atoms with Crippen molar-refractivity contribution >= 4 is 21.6 Å². The number of nitrogens with one attached hydrogen (secondary N) is 1. The zero-order valence-electron chi connectivity index (χ0n) is 18.4. The van der Waals surface area contributed by atoms with E-state index in [0.29, 0.717) is 12.1 Å². The molecule has 1 heterocycles. The molecule has 0 bridgehead atoms. The first-order chi connectivity index (χ1) is 16.5. The molecule has 1 aliphatic carbocycles. The minimum Gasteiger partial charge on any atom is -0.385 e. The largest absolute Gasteiger partial charge is 0.385 e. The quantitative estimate of drug-likeness (QED) is 0.464. The number of rotatable bonds is 5. The normalized spacial score (nSPS) is 18.3. The number of halogens is 4. The van der Waals surface area contributed by atoms with Gasteiger partial charge in [-0.05, 0) is 49.5 Å². The molecule has 1 aliphatic heterocycles. The summed E-state index contributed by atoms with van der Waals surface area (Å²) in [4.78, 5) is 11.8. The predicted molar refractivity (Wildman–Crippen MR) is 120 cm³/mol. The fraction of sp³-hybridized carbons (Fsp3) is 0.292. The van der Waals surface area contributed by atoms with Crippen molar-refractivity contribution in [1.82, 2.24) is 4.31 Å². The first-order valence-corrected chi connectivity index (χ1v) is 12.3. The Morgan fingerprint density at radius 2 is 1.63 bits per heavy atom. The summed E-state index contributed by atoms with van der Waals surface area (Å²) in [5.41, 5.74) is -1.13. The van der Waals surface area contributed by atoms with Crippen molar-refractivity contribution in [2.24, 2.45) is 0 Å². The molecule has 2 aromatic rings. The molecule has 11 heteroatoms. The molecule has 186 valence electrons. The van der Waals surface area contributed by atoms with Crippen LogP contribution in [0.25, 0.3) is 0 Å². The Hall–Kier alpha value is -3.02. The number of piperidine rings is 1. The summed E-state index contributed by atoms with van der Waals surface area (Å²) in [5.74, 6) is -6.81. The maximum Gasteiger partial charge on any atom is 0.255 e. The van der Waals surface area contributed by atoms with Gasteiger partial charge in [0.2, 0.25) is 10.0 Å². The minimum absolute atomic E-state index is 0.0615. The van der Waals surface area contributed by atoms with E-state index in [9.17, 15) is 35.9 Å². The van der Waals surface area contributed by atoms with Gasteiger partial charge >= 0.3 is 0 Å². The highest BCUT2D eigenvalue weighted by molar-refractivity contribution is 7.89. The lowest BCUT2D eigenvalue weighted by atomic mass is 9.82. The van der Waals surface area contributed by atoms with E-state index in [0.717, 1.165) is 40.9 Å². The van der Waals surface area contributed by atoms with Gasteiger partial charge in [-0.2, -0.15) is 4.31 Å². The molecule has 0 unspecified atom stereocenters. The molecule has 1 saturated heterocycles. The highest BCUT2D eigenvalue weighted by atomic mass is 32.2. The third-order valence-electron chi connectivity index (χ3n) is 6.13. The topological polar surface area (TPSA) is 86.7 Å². The molecular weight excluding hydrogens is 488 g/mol. The summed E-state index contributed by atoms with van der Waals surface area (Å²) in [6.45, 7) is -0.123. The number of benzene rings is 2. The number of anilines is 1. The number of amides is 1. The molecule has 1 amide bonds. The predicted octanol–water partition coefficient (Wildman–Crippen LogP) is 4.29. The van der Waals surface area contributed by atoms with Crippen LogP contribution >= 0.6 is 0 Å². The van der Waals surface area contributed by atoms with Crippen LogP contribution in [0.3, 0.4) is 0 Å². The average molecular weight is 511 g/mol. The van der Waals surface area contributed by atoms with Gasteiger partial charge in [0.15, 0.2) is 17.5 Å². The summed E-state index contributed by atoms with van der Waals surface area (Å²) in [6, 6.07) is 3.75. The Balaban J connectivity index is 1.53. The van der Waals surface area contributed by atoms with Crippen molar-refractivity contribution in [3.8, 4) is 0 Å². The maximum absolute atomic E-state index is 14.6. The molecule has 2 N–H and O–H groups in total. The highest BCUT2D eigenvalue weighted by Crippen LogP contribution is 2.35. The van der Waals surface area contributed by atoms with Crippen LogP contribution in [0.2, 0.25) is 0 Å². The molecule has 1 fully saturated rings. The van der Waals surface area contributed by atoms with Crippen molar-refractivity contribution in [1.29, 1.82) is 0 Å². The minimum atomic E-state index is -4.36. The standard InChI is InChI=1S/C24H22F4N2O4S/c25-18-7-6-15(23(31)29-17-13-19(26)22(28)20(27)14-17)12-21(18)35(33,34)30-10-8-24(32,9-11-30)16-4-2-1-3-5-16/h2,4-7,12-14,32H,1,3,8-11H2,(H,29,31). The molecule has 0 spiro atoms. The Morgan fingerprint density at radius 1 is 0.971 bits per heavy atom.